The Morgan fingerprint density at radius 3 is 2.89 bits per heavy atom. The molecule has 9 heavy (non-hydrogen) atoms. The number of aliphatic hydroxyl groups excluding tert-OH is 1. The lowest BCUT2D eigenvalue weighted by Crippen LogP contribution is -2.06. The summed E-state index contributed by atoms with van der Waals surface area (Å²) in [5, 5.41) is 11.4. The van der Waals surface area contributed by atoms with Gasteiger partial charge in [0, 0.05) is 0 Å². The standard InChI is InChI=1S/C7H9NO/c1-3-7(9)5-4-6-8-2/h1,7-9H,6H2,2H3. The van der Waals surface area contributed by atoms with Gasteiger partial charge in [0.25, 0.3) is 0 Å². The maximum Gasteiger partial charge on any atom is 0.176 e. The third kappa shape index (κ3) is 4.90. The highest BCUT2D eigenvalue weighted by Crippen LogP contribution is 1.70. The molecule has 0 amide bonds. The smallest absolute Gasteiger partial charge is 0.176 e. The Bertz CT molecular complexity index is 158. The number of terminal acetylenes is 1. The summed E-state index contributed by atoms with van der Waals surface area (Å²) in [5.74, 6) is 7.15. The van der Waals surface area contributed by atoms with Gasteiger partial charge in [0.05, 0.1) is 6.54 Å². The summed E-state index contributed by atoms with van der Waals surface area (Å²) in [5.41, 5.74) is 0. The molecular weight excluding hydrogens is 114 g/mol. The van der Waals surface area contributed by atoms with Gasteiger partial charge in [-0.25, -0.2) is 0 Å². The quantitative estimate of drug-likeness (QED) is 0.447. The summed E-state index contributed by atoms with van der Waals surface area (Å²) in [6.07, 6.45) is 3.91. The van der Waals surface area contributed by atoms with Crippen LogP contribution in [0.15, 0.2) is 0 Å². The molecule has 0 rings (SSSR count). The Kier molecular flexibility index (Phi) is 4.63. The first-order chi connectivity index (χ1) is 4.31. The molecule has 0 radical (unpaired) electrons. The average Bonchev–Trinajstić information content (AvgIpc) is 1.89. The van der Waals surface area contributed by atoms with Gasteiger partial charge in [-0.3, -0.25) is 0 Å². The number of hydrogen-bond donors (Lipinski definition) is 2. The van der Waals surface area contributed by atoms with E-state index in [1.165, 1.54) is 0 Å². The van der Waals surface area contributed by atoms with Gasteiger partial charge in [-0.1, -0.05) is 17.8 Å². The number of aliphatic hydroxyl groups is 1. The zero-order valence-electron chi connectivity index (χ0n) is 5.31. The van der Waals surface area contributed by atoms with Crippen molar-refractivity contribution in [1.29, 1.82) is 0 Å². The van der Waals surface area contributed by atoms with Crippen LogP contribution in [0.25, 0.3) is 0 Å². The molecule has 2 nitrogen and oxygen atoms in total. The zero-order chi connectivity index (χ0) is 7.11. The van der Waals surface area contributed by atoms with Crippen LogP contribution in [0.4, 0.5) is 0 Å². The molecule has 0 aliphatic heterocycles. The van der Waals surface area contributed by atoms with E-state index in [4.69, 9.17) is 11.5 Å². The molecule has 0 aromatic rings. The summed E-state index contributed by atoms with van der Waals surface area (Å²) in [7, 11) is 1.77. The fraction of sp³-hybridized carbons (Fsp3) is 0.429. The molecule has 1 unspecified atom stereocenters. The minimum atomic E-state index is -0.918. The van der Waals surface area contributed by atoms with Gasteiger partial charge in [-0.15, -0.1) is 6.42 Å². The fourth-order valence-electron chi connectivity index (χ4n) is 0.278. The maximum atomic E-state index is 8.65. The highest BCUT2D eigenvalue weighted by molar-refractivity contribution is 5.16. The molecule has 0 aliphatic rings. The Morgan fingerprint density at radius 1 is 1.78 bits per heavy atom. The first kappa shape index (κ1) is 8.04. The van der Waals surface area contributed by atoms with Crippen molar-refractivity contribution < 1.29 is 5.11 Å². The molecular formula is C7H9NO. The van der Waals surface area contributed by atoms with Crippen molar-refractivity contribution in [2.24, 2.45) is 0 Å². The Hall–Kier alpha value is -0.960. The van der Waals surface area contributed by atoms with Crippen molar-refractivity contribution in [3.05, 3.63) is 0 Å². The topological polar surface area (TPSA) is 32.3 Å². The summed E-state index contributed by atoms with van der Waals surface area (Å²) < 4.78 is 0. The van der Waals surface area contributed by atoms with Gasteiger partial charge in [0.2, 0.25) is 0 Å². The van der Waals surface area contributed by atoms with Crippen LogP contribution in [0.2, 0.25) is 0 Å². The Labute approximate surface area is 55.3 Å². The van der Waals surface area contributed by atoms with Crippen molar-refractivity contribution in [1.82, 2.24) is 5.32 Å². The zero-order valence-corrected chi connectivity index (χ0v) is 5.31. The van der Waals surface area contributed by atoms with Crippen LogP contribution in [0, 0.1) is 24.2 Å². The lowest BCUT2D eigenvalue weighted by molar-refractivity contribution is 0.290. The van der Waals surface area contributed by atoms with E-state index in [0.29, 0.717) is 6.54 Å². The largest absolute Gasteiger partial charge is 0.369 e. The normalized spacial score (nSPS) is 10.8. The van der Waals surface area contributed by atoms with E-state index in [1.54, 1.807) is 7.05 Å². The summed E-state index contributed by atoms with van der Waals surface area (Å²) >= 11 is 0. The van der Waals surface area contributed by atoms with E-state index in [-0.39, 0.29) is 0 Å². The third-order valence-electron chi connectivity index (χ3n) is 0.662. The number of nitrogens with one attached hydrogen (secondary N) is 1. The number of rotatable bonds is 1. The van der Waals surface area contributed by atoms with E-state index in [0.717, 1.165) is 0 Å². The molecule has 0 saturated carbocycles. The minimum Gasteiger partial charge on any atom is -0.369 e. The Morgan fingerprint density at radius 2 is 2.44 bits per heavy atom. The summed E-state index contributed by atoms with van der Waals surface area (Å²) in [6.45, 7) is 0.554. The van der Waals surface area contributed by atoms with Gasteiger partial charge in [0.1, 0.15) is 0 Å². The van der Waals surface area contributed by atoms with Gasteiger partial charge >= 0.3 is 0 Å². The van der Waals surface area contributed by atoms with Crippen molar-refractivity contribution in [2.75, 3.05) is 13.6 Å². The average molecular weight is 123 g/mol. The monoisotopic (exact) mass is 123 g/mol. The van der Waals surface area contributed by atoms with Crippen LogP contribution in [-0.4, -0.2) is 24.8 Å². The Balaban J connectivity index is 3.49. The predicted octanol–water partition coefficient (Wildman–Crippen LogP) is -0.797. The van der Waals surface area contributed by atoms with Crippen LogP contribution in [0.5, 0.6) is 0 Å². The molecule has 0 spiro atoms. The molecule has 48 valence electrons. The molecule has 1 atom stereocenters. The van der Waals surface area contributed by atoms with Crippen LogP contribution in [0.3, 0.4) is 0 Å². The summed E-state index contributed by atoms with van der Waals surface area (Å²) in [4.78, 5) is 0. The van der Waals surface area contributed by atoms with Crippen molar-refractivity contribution in [2.45, 2.75) is 6.10 Å². The van der Waals surface area contributed by atoms with Gasteiger partial charge in [-0.2, -0.15) is 0 Å². The molecule has 0 aliphatic carbocycles. The first-order valence-corrected chi connectivity index (χ1v) is 2.58. The van der Waals surface area contributed by atoms with E-state index in [9.17, 15) is 0 Å². The second kappa shape index (κ2) is 5.18. The third-order valence-corrected chi connectivity index (χ3v) is 0.662. The van der Waals surface area contributed by atoms with Crippen LogP contribution >= 0.6 is 0 Å². The highest BCUT2D eigenvalue weighted by Gasteiger charge is 1.84. The fourth-order valence-corrected chi connectivity index (χ4v) is 0.278. The molecule has 0 heterocycles. The predicted molar refractivity (Wildman–Crippen MR) is 36.5 cm³/mol. The molecule has 2 N–H and O–H groups in total. The van der Waals surface area contributed by atoms with Crippen LogP contribution < -0.4 is 5.32 Å². The van der Waals surface area contributed by atoms with E-state index >= 15 is 0 Å². The van der Waals surface area contributed by atoms with E-state index < -0.39 is 6.10 Å². The second-order valence-electron chi connectivity index (χ2n) is 1.42. The maximum absolute atomic E-state index is 8.65. The van der Waals surface area contributed by atoms with Gasteiger partial charge < -0.3 is 10.4 Å². The molecule has 0 saturated heterocycles. The van der Waals surface area contributed by atoms with E-state index in [1.807, 2.05) is 0 Å². The molecule has 2 heteroatoms. The lowest BCUT2D eigenvalue weighted by Gasteiger charge is -1.86. The number of hydrogen-bond acceptors (Lipinski definition) is 2. The lowest BCUT2D eigenvalue weighted by atomic mass is 10.4. The molecule has 0 aromatic heterocycles. The van der Waals surface area contributed by atoms with Crippen molar-refractivity contribution in [3.8, 4) is 24.2 Å². The van der Waals surface area contributed by atoms with Crippen molar-refractivity contribution >= 4 is 0 Å². The summed E-state index contributed by atoms with van der Waals surface area (Å²) in [6, 6.07) is 0. The first-order valence-electron chi connectivity index (χ1n) is 2.58. The molecule has 0 aromatic carbocycles. The van der Waals surface area contributed by atoms with Crippen LogP contribution in [-0.2, 0) is 0 Å². The SMILES string of the molecule is C#CC(O)C#CCNC. The minimum absolute atomic E-state index is 0.554. The second-order valence-corrected chi connectivity index (χ2v) is 1.42. The highest BCUT2D eigenvalue weighted by atomic mass is 16.3. The van der Waals surface area contributed by atoms with Gasteiger partial charge in [-0.05, 0) is 7.05 Å². The molecule has 0 fully saturated rings. The van der Waals surface area contributed by atoms with Crippen LogP contribution in [0.1, 0.15) is 0 Å². The molecule has 0 bridgehead atoms. The van der Waals surface area contributed by atoms with Crippen molar-refractivity contribution in [3.63, 3.8) is 0 Å². The van der Waals surface area contributed by atoms with E-state index in [2.05, 4.69) is 23.1 Å². The van der Waals surface area contributed by atoms with Gasteiger partial charge in [0.15, 0.2) is 6.10 Å².